The van der Waals surface area contributed by atoms with Crippen molar-refractivity contribution in [3.8, 4) is 0 Å². The maximum Gasteiger partial charge on any atom is 0.326 e. The second kappa shape index (κ2) is 28.7. The van der Waals surface area contributed by atoms with Crippen molar-refractivity contribution < 1.29 is 58.5 Å². The molecule has 22 heteroatoms. The number of aliphatic carboxylic acids is 3. The molecule has 0 bridgehead atoms. The quantitative estimate of drug-likeness (QED) is 0.0267. The number of rotatable bonds is 30. The number of hydrogen-bond acceptors (Lipinski definition) is 11. The van der Waals surface area contributed by atoms with Crippen molar-refractivity contribution in [3.63, 3.8) is 0 Å². The van der Waals surface area contributed by atoms with E-state index in [4.69, 9.17) is 22.0 Å². The molecule has 0 fully saturated rings. The normalized spacial score (nSPS) is 14.1. The first kappa shape index (κ1) is 56.0. The molecule has 0 aliphatic carbocycles. The zero-order valence-corrected chi connectivity index (χ0v) is 38.2. The number of amides is 6. The third-order valence-corrected chi connectivity index (χ3v) is 10.1. The van der Waals surface area contributed by atoms with Gasteiger partial charge in [0.1, 0.15) is 36.3 Å². The molecule has 67 heavy (non-hydrogen) atoms. The minimum absolute atomic E-state index is 0.00736. The van der Waals surface area contributed by atoms with Crippen LogP contribution in [0.2, 0.25) is 0 Å². The van der Waals surface area contributed by atoms with Gasteiger partial charge in [-0.05, 0) is 55.1 Å². The maximum absolute atomic E-state index is 14.2. The molecule has 0 saturated carbocycles. The summed E-state index contributed by atoms with van der Waals surface area (Å²) in [5.41, 5.74) is 12.5. The van der Waals surface area contributed by atoms with E-state index in [2.05, 4.69) is 37.2 Å². The van der Waals surface area contributed by atoms with E-state index in [1.165, 1.54) is 0 Å². The topological polar surface area (TPSA) is 374 Å². The summed E-state index contributed by atoms with van der Waals surface area (Å²) in [6.45, 7) is 7.13. The second-order valence-corrected chi connectivity index (χ2v) is 17.0. The number of carboxylic acid groups (broad SMARTS) is 3. The SMILES string of the molecule is CC(C)C[C@H](NC(=O)[C@H](CC(C)C)NC(=O)[C@H](CC(=O)O)NC(=O)[C@@H](N)CCC(=O)O)C(=O)N[C@@H](CCCNC(=N)N)C(=O)N[C@@H](Cc1ccccc1)C(=O)N[C@@H](Cc1ccccc1)C(=O)O. The van der Waals surface area contributed by atoms with Gasteiger partial charge in [0.15, 0.2) is 5.96 Å². The molecule has 0 heterocycles. The zero-order chi connectivity index (χ0) is 50.2. The van der Waals surface area contributed by atoms with Gasteiger partial charge in [0.2, 0.25) is 35.4 Å². The van der Waals surface area contributed by atoms with Gasteiger partial charge in [-0.3, -0.25) is 43.8 Å². The summed E-state index contributed by atoms with van der Waals surface area (Å²) in [6.07, 6.45) is -1.66. The lowest BCUT2D eigenvalue weighted by atomic mass is 9.99. The van der Waals surface area contributed by atoms with Crippen molar-refractivity contribution in [1.82, 2.24) is 37.2 Å². The average molecular weight is 939 g/mol. The van der Waals surface area contributed by atoms with Gasteiger partial charge >= 0.3 is 17.9 Å². The molecule has 7 atom stereocenters. The molecular formula is C45H66N10O12. The van der Waals surface area contributed by atoms with Gasteiger partial charge in [-0.25, -0.2) is 4.79 Å². The minimum Gasteiger partial charge on any atom is -0.481 e. The van der Waals surface area contributed by atoms with Crippen LogP contribution >= 0.6 is 0 Å². The second-order valence-electron chi connectivity index (χ2n) is 17.0. The van der Waals surface area contributed by atoms with Crippen molar-refractivity contribution >= 4 is 59.3 Å². The van der Waals surface area contributed by atoms with Crippen LogP contribution in [0.1, 0.15) is 83.8 Å². The lowest BCUT2D eigenvalue weighted by Crippen LogP contribution is -2.60. The molecule has 0 saturated heterocycles. The molecule has 2 aromatic carbocycles. The van der Waals surface area contributed by atoms with Gasteiger partial charge in [-0.15, -0.1) is 0 Å². The van der Waals surface area contributed by atoms with Crippen LogP contribution in [-0.2, 0) is 56.0 Å². The Labute approximate surface area is 389 Å². The molecule has 0 aliphatic rings. The number of benzene rings is 2. The number of carbonyl (C=O) groups is 9. The summed E-state index contributed by atoms with van der Waals surface area (Å²) in [7, 11) is 0. The number of nitrogens with one attached hydrogen (secondary N) is 8. The smallest absolute Gasteiger partial charge is 0.326 e. The summed E-state index contributed by atoms with van der Waals surface area (Å²) >= 11 is 0. The highest BCUT2D eigenvalue weighted by Gasteiger charge is 2.35. The Hall–Kier alpha value is -7.10. The van der Waals surface area contributed by atoms with Crippen LogP contribution in [-0.4, -0.2) is 123 Å². The number of nitrogens with two attached hydrogens (primary N) is 2. The van der Waals surface area contributed by atoms with Crippen LogP contribution in [0.25, 0.3) is 0 Å². The predicted molar refractivity (Wildman–Crippen MR) is 245 cm³/mol. The third kappa shape index (κ3) is 22.1. The van der Waals surface area contributed by atoms with E-state index in [-0.39, 0.29) is 69.3 Å². The molecule has 0 spiro atoms. The van der Waals surface area contributed by atoms with E-state index in [1.54, 1.807) is 88.4 Å². The Morgan fingerprint density at radius 2 is 0.940 bits per heavy atom. The largest absolute Gasteiger partial charge is 0.481 e. The van der Waals surface area contributed by atoms with E-state index in [9.17, 15) is 53.4 Å². The molecule has 368 valence electrons. The van der Waals surface area contributed by atoms with Gasteiger partial charge in [0.05, 0.1) is 12.5 Å². The number of carbonyl (C=O) groups excluding carboxylic acids is 6. The lowest BCUT2D eigenvalue weighted by molar-refractivity contribution is -0.142. The Kier molecular flexibility index (Phi) is 24.0. The molecular weight excluding hydrogens is 873 g/mol. The minimum atomic E-state index is -1.72. The molecule has 6 amide bonds. The first-order valence-electron chi connectivity index (χ1n) is 22.0. The Balaban J connectivity index is 2.42. The highest BCUT2D eigenvalue weighted by atomic mass is 16.4. The van der Waals surface area contributed by atoms with E-state index in [0.29, 0.717) is 11.1 Å². The highest BCUT2D eigenvalue weighted by Crippen LogP contribution is 2.13. The van der Waals surface area contributed by atoms with E-state index >= 15 is 0 Å². The highest BCUT2D eigenvalue weighted by molar-refractivity contribution is 5.98. The Morgan fingerprint density at radius 3 is 1.39 bits per heavy atom. The molecule has 0 unspecified atom stereocenters. The fourth-order valence-electron chi connectivity index (χ4n) is 6.75. The fraction of sp³-hybridized carbons (Fsp3) is 0.511. The van der Waals surface area contributed by atoms with Crippen molar-refractivity contribution in [3.05, 3.63) is 71.8 Å². The van der Waals surface area contributed by atoms with Crippen LogP contribution in [0.3, 0.4) is 0 Å². The van der Waals surface area contributed by atoms with Crippen LogP contribution in [0.15, 0.2) is 60.7 Å². The van der Waals surface area contributed by atoms with Gasteiger partial charge in [-0.1, -0.05) is 88.4 Å². The van der Waals surface area contributed by atoms with Crippen molar-refractivity contribution in [1.29, 1.82) is 5.41 Å². The predicted octanol–water partition coefficient (Wildman–Crippen LogP) is -0.513. The number of guanidine groups is 1. The van der Waals surface area contributed by atoms with Gasteiger partial charge in [0.25, 0.3) is 0 Å². The van der Waals surface area contributed by atoms with E-state index in [1.807, 2.05) is 0 Å². The molecule has 0 aromatic heterocycles. The van der Waals surface area contributed by atoms with Gasteiger partial charge in [-0.2, -0.15) is 0 Å². The van der Waals surface area contributed by atoms with Crippen LogP contribution in [0.4, 0.5) is 0 Å². The van der Waals surface area contributed by atoms with Crippen molar-refractivity contribution in [2.75, 3.05) is 6.54 Å². The third-order valence-electron chi connectivity index (χ3n) is 10.1. The van der Waals surface area contributed by atoms with Gasteiger partial charge in [0, 0.05) is 25.8 Å². The summed E-state index contributed by atoms with van der Waals surface area (Å²) < 4.78 is 0. The maximum atomic E-state index is 14.2. The Morgan fingerprint density at radius 1 is 0.537 bits per heavy atom. The number of hydrogen-bond donors (Lipinski definition) is 13. The molecule has 2 aromatic rings. The van der Waals surface area contributed by atoms with Crippen molar-refractivity contribution in [2.24, 2.45) is 23.3 Å². The molecule has 15 N–H and O–H groups in total. The van der Waals surface area contributed by atoms with E-state index in [0.717, 1.165) is 0 Å². The summed E-state index contributed by atoms with van der Waals surface area (Å²) in [5.74, 6) is -10.2. The van der Waals surface area contributed by atoms with Crippen LogP contribution in [0, 0.1) is 17.2 Å². The molecule has 22 nitrogen and oxygen atoms in total. The monoisotopic (exact) mass is 938 g/mol. The summed E-state index contributed by atoms with van der Waals surface area (Å²) in [4.78, 5) is 117. The fourth-order valence-corrected chi connectivity index (χ4v) is 6.75. The van der Waals surface area contributed by atoms with Crippen LogP contribution < -0.4 is 48.7 Å². The van der Waals surface area contributed by atoms with Crippen LogP contribution in [0.5, 0.6) is 0 Å². The number of carboxylic acids is 3. The molecule has 0 radical (unpaired) electrons. The van der Waals surface area contributed by atoms with Gasteiger partial charge < -0.3 is 64.0 Å². The Bertz CT molecular complexity index is 2000. The summed E-state index contributed by atoms with van der Waals surface area (Å²) in [6, 6.07) is 7.44. The standard InChI is InChI=1S/C45H66N10O12/c1-25(2)20-31(52-41(63)32(21-26(3)4)53-43(65)34(24-37(58)59)51-38(60)29(46)17-18-36(56)57)40(62)50-30(16-11-19-49-45(47)48)39(61)54-33(22-27-12-7-5-8-13-27)42(64)55-35(44(66)67)23-28-14-9-6-10-15-28/h5-10,12-15,25-26,29-35H,11,16-24,46H2,1-4H3,(H,50,62)(H,51,60)(H,52,63)(H,53,65)(H,54,61)(H,55,64)(H,56,57)(H,58,59)(H,66,67)(H4,47,48,49)/t29-,30-,31-,32-,33-,34-,35-/m0/s1. The first-order chi connectivity index (χ1) is 31.6. The van der Waals surface area contributed by atoms with Crippen molar-refractivity contribution in [2.45, 2.75) is 128 Å². The molecule has 2 rings (SSSR count). The first-order valence-corrected chi connectivity index (χ1v) is 22.0. The lowest BCUT2D eigenvalue weighted by Gasteiger charge is -2.28. The zero-order valence-electron chi connectivity index (χ0n) is 38.2. The summed E-state index contributed by atoms with van der Waals surface area (Å²) in [5, 5.41) is 53.8. The average Bonchev–Trinajstić information content (AvgIpc) is 3.25. The van der Waals surface area contributed by atoms with E-state index < -0.39 is 108 Å². The molecule has 0 aliphatic heterocycles.